The molecule has 0 amide bonds. The summed E-state index contributed by atoms with van der Waals surface area (Å²) in [6.45, 7) is 0.174. The Morgan fingerprint density at radius 2 is 2.10 bits per heavy atom. The maximum absolute atomic E-state index is 10.2. The van der Waals surface area contributed by atoms with E-state index in [-0.39, 0.29) is 12.1 Å². The molecule has 114 valence electrons. The van der Waals surface area contributed by atoms with Crippen molar-refractivity contribution in [2.75, 3.05) is 13.7 Å². The Hall–Kier alpha value is -1.81. The summed E-state index contributed by atoms with van der Waals surface area (Å²) in [5.41, 5.74) is 1.04. The molecule has 0 spiro atoms. The second kappa shape index (κ2) is 5.19. The van der Waals surface area contributed by atoms with Gasteiger partial charge in [-0.3, -0.25) is 9.98 Å². The van der Waals surface area contributed by atoms with Gasteiger partial charge in [-0.2, -0.15) is 0 Å². The number of hydrogen-bond acceptors (Lipinski definition) is 7. The summed E-state index contributed by atoms with van der Waals surface area (Å²) in [4.78, 5) is 8.36. The number of hydrogen-bond donors (Lipinski definition) is 3. The Kier molecular flexibility index (Phi) is 3.49. The van der Waals surface area contributed by atoms with Gasteiger partial charge in [0, 0.05) is 14.2 Å². The molecule has 21 heavy (non-hydrogen) atoms. The van der Waals surface area contributed by atoms with Gasteiger partial charge in [0.1, 0.15) is 23.8 Å². The molecule has 1 saturated heterocycles. The highest BCUT2D eigenvalue weighted by Gasteiger charge is 2.44. The van der Waals surface area contributed by atoms with Crippen molar-refractivity contribution in [1.29, 1.82) is 5.41 Å². The lowest BCUT2D eigenvalue weighted by atomic mass is 10.1. The van der Waals surface area contributed by atoms with Crippen molar-refractivity contribution >= 4 is 11.2 Å². The number of fused-ring (bicyclic) bond motifs is 1. The van der Waals surface area contributed by atoms with Gasteiger partial charge in [-0.1, -0.05) is 0 Å². The van der Waals surface area contributed by atoms with Gasteiger partial charge in [0.25, 0.3) is 0 Å². The number of aliphatic hydroxyl groups excluding tert-OH is 2. The fourth-order valence-corrected chi connectivity index (χ4v) is 2.46. The molecule has 3 N–H and O–H groups in total. The van der Waals surface area contributed by atoms with Crippen LogP contribution in [0.1, 0.15) is 6.23 Å². The van der Waals surface area contributed by atoms with Crippen molar-refractivity contribution in [1.82, 2.24) is 19.1 Å². The molecule has 4 atom stereocenters. The molecular weight excluding hydrogens is 278 g/mol. The van der Waals surface area contributed by atoms with E-state index in [1.54, 1.807) is 7.05 Å². The minimum absolute atomic E-state index is 0.174. The fourth-order valence-electron chi connectivity index (χ4n) is 2.46. The number of aryl methyl sites for hydroxylation is 1. The molecule has 1 fully saturated rings. The van der Waals surface area contributed by atoms with Crippen molar-refractivity contribution in [3.8, 4) is 0 Å². The number of methoxy groups -OCH3 is 1. The highest BCUT2D eigenvalue weighted by molar-refractivity contribution is 5.68. The van der Waals surface area contributed by atoms with Gasteiger partial charge in [-0.05, 0) is 0 Å². The molecule has 2 aromatic rings. The third-order valence-electron chi connectivity index (χ3n) is 3.64. The lowest BCUT2D eigenvalue weighted by Gasteiger charge is -2.16. The zero-order valence-electron chi connectivity index (χ0n) is 11.7. The second-order valence-electron chi connectivity index (χ2n) is 5.03. The Bertz CT molecular complexity index is 711. The Morgan fingerprint density at radius 1 is 1.33 bits per heavy atom. The minimum Gasteiger partial charge on any atom is -0.387 e. The van der Waals surface area contributed by atoms with E-state index in [1.165, 1.54) is 28.9 Å². The molecule has 3 rings (SSSR count). The van der Waals surface area contributed by atoms with Gasteiger partial charge in [0.2, 0.25) is 0 Å². The molecule has 0 aliphatic carbocycles. The average Bonchev–Trinajstić information content (AvgIpc) is 3.00. The summed E-state index contributed by atoms with van der Waals surface area (Å²) >= 11 is 0. The van der Waals surface area contributed by atoms with E-state index < -0.39 is 24.5 Å². The van der Waals surface area contributed by atoms with E-state index in [2.05, 4.69) is 9.97 Å². The van der Waals surface area contributed by atoms with Gasteiger partial charge >= 0.3 is 0 Å². The summed E-state index contributed by atoms with van der Waals surface area (Å²) in [5.74, 6) is 0. The third-order valence-corrected chi connectivity index (χ3v) is 3.64. The predicted octanol–water partition coefficient (Wildman–Crippen LogP) is -1.49. The number of aromatic nitrogens is 4. The number of nitrogens with one attached hydrogen (secondary N) is 1. The Labute approximate surface area is 119 Å². The zero-order chi connectivity index (χ0) is 15.1. The molecule has 1 aliphatic heterocycles. The van der Waals surface area contributed by atoms with E-state index in [0.717, 1.165) is 0 Å². The molecule has 1 aliphatic rings. The van der Waals surface area contributed by atoms with Crippen molar-refractivity contribution in [3.05, 3.63) is 18.1 Å². The zero-order valence-corrected chi connectivity index (χ0v) is 11.7. The van der Waals surface area contributed by atoms with Crippen molar-refractivity contribution in [2.45, 2.75) is 24.5 Å². The van der Waals surface area contributed by atoms with Crippen LogP contribution in [0, 0.1) is 5.41 Å². The largest absolute Gasteiger partial charge is 0.387 e. The SMILES string of the molecule is COCC1OC(n2cnc3c(=N)n(C)cnc32)C(O)C1O. The Morgan fingerprint density at radius 3 is 2.81 bits per heavy atom. The van der Waals surface area contributed by atoms with Crippen LogP contribution in [0.15, 0.2) is 12.7 Å². The van der Waals surface area contributed by atoms with Crippen LogP contribution in [0.4, 0.5) is 0 Å². The van der Waals surface area contributed by atoms with Gasteiger partial charge in [0.05, 0.1) is 19.3 Å². The molecule has 0 bridgehead atoms. The highest BCUT2D eigenvalue weighted by atomic mass is 16.6. The van der Waals surface area contributed by atoms with Crippen LogP contribution >= 0.6 is 0 Å². The predicted molar refractivity (Wildman–Crippen MR) is 70.2 cm³/mol. The summed E-state index contributed by atoms with van der Waals surface area (Å²) in [5, 5.41) is 28.1. The van der Waals surface area contributed by atoms with E-state index in [0.29, 0.717) is 11.2 Å². The maximum Gasteiger partial charge on any atom is 0.167 e. The second-order valence-corrected chi connectivity index (χ2v) is 5.03. The normalized spacial score (nSPS) is 29.3. The average molecular weight is 295 g/mol. The van der Waals surface area contributed by atoms with E-state index >= 15 is 0 Å². The van der Waals surface area contributed by atoms with Crippen molar-refractivity contribution < 1.29 is 19.7 Å². The minimum atomic E-state index is -1.12. The number of aliphatic hydroxyl groups is 2. The molecule has 4 unspecified atom stereocenters. The molecule has 0 radical (unpaired) electrons. The van der Waals surface area contributed by atoms with E-state index in [4.69, 9.17) is 14.9 Å². The van der Waals surface area contributed by atoms with Gasteiger partial charge < -0.3 is 24.3 Å². The molecular formula is C12H17N5O4. The first-order valence-electron chi connectivity index (χ1n) is 6.48. The van der Waals surface area contributed by atoms with Crippen molar-refractivity contribution in [2.24, 2.45) is 7.05 Å². The Balaban J connectivity index is 2.02. The van der Waals surface area contributed by atoms with Crippen LogP contribution in [-0.4, -0.2) is 61.3 Å². The van der Waals surface area contributed by atoms with Crippen LogP contribution in [0.5, 0.6) is 0 Å². The van der Waals surface area contributed by atoms with Gasteiger partial charge in [-0.25, -0.2) is 9.97 Å². The fraction of sp³-hybridized carbons (Fsp3) is 0.583. The van der Waals surface area contributed by atoms with Crippen LogP contribution < -0.4 is 5.49 Å². The summed E-state index contributed by atoms with van der Waals surface area (Å²) in [7, 11) is 3.20. The summed E-state index contributed by atoms with van der Waals surface area (Å²) < 4.78 is 13.7. The summed E-state index contributed by atoms with van der Waals surface area (Å²) in [6.07, 6.45) is -0.665. The van der Waals surface area contributed by atoms with E-state index in [1.807, 2.05) is 0 Å². The standard InChI is InChI=1S/C12H17N5O4/c1-16-4-15-11-7(10(16)13)14-5-17(11)12-9(19)8(18)6(21-12)3-20-2/h4-6,8-9,12-13,18-19H,3H2,1-2H3. The van der Waals surface area contributed by atoms with Crippen LogP contribution in [0.3, 0.4) is 0 Å². The van der Waals surface area contributed by atoms with Crippen LogP contribution in [0.25, 0.3) is 11.2 Å². The third kappa shape index (κ3) is 2.14. The maximum atomic E-state index is 10.2. The van der Waals surface area contributed by atoms with Crippen LogP contribution in [0.2, 0.25) is 0 Å². The number of imidazole rings is 1. The molecule has 9 heteroatoms. The number of rotatable bonds is 3. The smallest absolute Gasteiger partial charge is 0.167 e. The van der Waals surface area contributed by atoms with Crippen LogP contribution in [-0.2, 0) is 16.5 Å². The monoisotopic (exact) mass is 295 g/mol. The highest BCUT2D eigenvalue weighted by Crippen LogP contribution is 2.30. The first-order chi connectivity index (χ1) is 10.0. The first kappa shape index (κ1) is 14.1. The van der Waals surface area contributed by atoms with E-state index in [9.17, 15) is 10.2 Å². The summed E-state index contributed by atoms with van der Waals surface area (Å²) in [6, 6.07) is 0. The molecule has 9 nitrogen and oxygen atoms in total. The molecule has 0 saturated carbocycles. The number of nitrogens with zero attached hydrogens (tertiary/aromatic N) is 4. The lowest BCUT2D eigenvalue weighted by molar-refractivity contribution is -0.0580. The molecule has 3 heterocycles. The number of ether oxygens (including phenoxy) is 2. The van der Waals surface area contributed by atoms with Gasteiger partial charge in [-0.15, -0.1) is 0 Å². The lowest BCUT2D eigenvalue weighted by Crippen LogP contribution is -2.33. The molecule has 0 aromatic carbocycles. The van der Waals surface area contributed by atoms with Gasteiger partial charge in [0.15, 0.2) is 17.4 Å². The first-order valence-corrected chi connectivity index (χ1v) is 6.48. The van der Waals surface area contributed by atoms with Crippen molar-refractivity contribution in [3.63, 3.8) is 0 Å². The molecule has 2 aromatic heterocycles. The quantitative estimate of drug-likeness (QED) is 0.635. The topological polar surface area (TPSA) is 118 Å².